The summed E-state index contributed by atoms with van der Waals surface area (Å²) in [7, 11) is 0. The molecule has 4 heteroatoms. The summed E-state index contributed by atoms with van der Waals surface area (Å²) in [6.07, 6.45) is 4.37. The first kappa shape index (κ1) is 11.3. The van der Waals surface area contributed by atoms with Gasteiger partial charge in [-0.2, -0.15) is 0 Å². The van der Waals surface area contributed by atoms with E-state index in [2.05, 4.69) is 10.6 Å². The number of fused-ring (bicyclic) bond motifs is 1. The zero-order valence-corrected chi connectivity index (χ0v) is 10.1. The number of nitrogens with one attached hydrogen (secondary N) is 2. The molecule has 1 aromatic carbocycles. The molecule has 1 saturated heterocycles. The standard InChI is InChI=1S/C14H16N2O2/c17-14(8-10-4-3-7-15-10)16-12-9-18-13-6-2-1-5-11(12)13/h1-2,5-6,9-10,15H,3-4,7-8H2,(H,16,17). The lowest BCUT2D eigenvalue weighted by atomic mass is 10.1. The van der Waals surface area contributed by atoms with Gasteiger partial charge < -0.3 is 15.1 Å². The molecule has 1 atom stereocenters. The number of benzene rings is 1. The Labute approximate surface area is 105 Å². The van der Waals surface area contributed by atoms with E-state index in [9.17, 15) is 4.79 Å². The summed E-state index contributed by atoms with van der Waals surface area (Å²) in [5.41, 5.74) is 1.56. The second-order valence-electron chi connectivity index (χ2n) is 4.69. The number of para-hydroxylation sites is 1. The SMILES string of the molecule is O=C(CC1CCCN1)Nc1coc2ccccc12. The Morgan fingerprint density at radius 2 is 2.33 bits per heavy atom. The summed E-state index contributed by atoms with van der Waals surface area (Å²) in [5, 5.41) is 7.19. The maximum atomic E-state index is 11.9. The van der Waals surface area contributed by atoms with Gasteiger partial charge in [-0.05, 0) is 31.5 Å². The number of carbonyl (C=O) groups excluding carboxylic acids is 1. The van der Waals surface area contributed by atoms with Crippen molar-refractivity contribution in [2.24, 2.45) is 0 Å². The van der Waals surface area contributed by atoms with Gasteiger partial charge in [0.25, 0.3) is 0 Å². The smallest absolute Gasteiger partial charge is 0.226 e. The van der Waals surface area contributed by atoms with Gasteiger partial charge in [0.15, 0.2) is 0 Å². The fourth-order valence-corrected chi connectivity index (χ4v) is 2.43. The minimum Gasteiger partial charge on any atom is -0.462 e. The molecule has 0 radical (unpaired) electrons. The summed E-state index contributed by atoms with van der Waals surface area (Å²) in [6.45, 7) is 1.02. The van der Waals surface area contributed by atoms with Crippen LogP contribution in [0.25, 0.3) is 11.0 Å². The van der Waals surface area contributed by atoms with E-state index in [0.717, 1.165) is 36.0 Å². The number of rotatable bonds is 3. The van der Waals surface area contributed by atoms with Crippen molar-refractivity contribution < 1.29 is 9.21 Å². The normalized spacial score (nSPS) is 19.2. The molecule has 0 aliphatic carbocycles. The molecular weight excluding hydrogens is 228 g/mol. The third-order valence-electron chi connectivity index (χ3n) is 3.35. The van der Waals surface area contributed by atoms with E-state index < -0.39 is 0 Å². The number of carbonyl (C=O) groups is 1. The average molecular weight is 244 g/mol. The number of anilines is 1. The van der Waals surface area contributed by atoms with Crippen LogP contribution in [0.15, 0.2) is 34.9 Å². The van der Waals surface area contributed by atoms with E-state index in [4.69, 9.17) is 4.42 Å². The zero-order chi connectivity index (χ0) is 12.4. The Balaban J connectivity index is 1.70. The molecule has 2 aromatic rings. The van der Waals surface area contributed by atoms with Crippen molar-refractivity contribution in [3.05, 3.63) is 30.5 Å². The highest BCUT2D eigenvalue weighted by Crippen LogP contribution is 2.25. The quantitative estimate of drug-likeness (QED) is 0.872. The Kier molecular flexibility index (Phi) is 3.02. The lowest BCUT2D eigenvalue weighted by Crippen LogP contribution is -2.27. The highest BCUT2D eigenvalue weighted by Gasteiger charge is 2.18. The van der Waals surface area contributed by atoms with Gasteiger partial charge in [-0.3, -0.25) is 4.79 Å². The van der Waals surface area contributed by atoms with Crippen LogP contribution in [0.3, 0.4) is 0 Å². The van der Waals surface area contributed by atoms with Crippen LogP contribution >= 0.6 is 0 Å². The van der Waals surface area contributed by atoms with Crippen LogP contribution in [0.1, 0.15) is 19.3 Å². The second-order valence-corrected chi connectivity index (χ2v) is 4.69. The molecule has 0 saturated carbocycles. The third-order valence-corrected chi connectivity index (χ3v) is 3.35. The molecule has 3 rings (SSSR count). The molecule has 0 bridgehead atoms. The van der Waals surface area contributed by atoms with E-state index >= 15 is 0 Å². The number of hydrogen-bond acceptors (Lipinski definition) is 3. The van der Waals surface area contributed by atoms with Gasteiger partial charge in [-0.15, -0.1) is 0 Å². The maximum Gasteiger partial charge on any atom is 0.226 e. The van der Waals surface area contributed by atoms with Crippen molar-refractivity contribution >= 4 is 22.6 Å². The highest BCUT2D eigenvalue weighted by atomic mass is 16.3. The summed E-state index contributed by atoms with van der Waals surface area (Å²) in [4.78, 5) is 11.9. The molecule has 1 unspecified atom stereocenters. The molecule has 1 aromatic heterocycles. The van der Waals surface area contributed by atoms with E-state index in [0.29, 0.717) is 12.5 Å². The minimum absolute atomic E-state index is 0.0425. The van der Waals surface area contributed by atoms with Gasteiger partial charge in [0, 0.05) is 17.8 Å². The van der Waals surface area contributed by atoms with Gasteiger partial charge in [0.05, 0.1) is 5.69 Å². The molecule has 2 N–H and O–H groups in total. The van der Waals surface area contributed by atoms with Crippen molar-refractivity contribution in [3.63, 3.8) is 0 Å². The number of hydrogen-bond donors (Lipinski definition) is 2. The molecule has 1 fully saturated rings. The van der Waals surface area contributed by atoms with Crippen molar-refractivity contribution in [2.45, 2.75) is 25.3 Å². The summed E-state index contributed by atoms with van der Waals surface area (Å²) < 4.78 is 5.39. The van der Waals surface area contributed by atoms with Crippen LogP contribution in [0.2, 0.25) is 0 Å². The van der Waals surface area contributed by atoms with Crippen LogP contribution < -0.4 is 10.6 Å². The fraction of sp³-hybridized carbons (Fsp3) is 0.357. The topological polar surface area (TPSA) is 54.3 Å². The van der Waals surface area contributed by atoms with Gasteiger partial charge in [-0.1, -0.05) is 12.1 Å². The fourth-order valence-electron chi connectivity index (χ4n) is 2.43. The van der Waals surface area contributed by atoms with Gasteiger partial charge in [0.1, 0.15) is 11.8 Å². The Morgan fingerprint density at radius 1 is 1.44 bits per heavy atom. The second kappa shape index (κ2) is 4.82. The van der Waals surface area contributed by atoms with Crippen LogP contribution in [-0.2, 0) is 4.79 Å². The molecule has 94 valence electrons. The van der Waals surface area contributed by atoms with Gasteiger partial charge >= 0.3 is 0 Å². The van der Waals surface area contributed by atoms with Crippen LogP contribution in [0.4, 0.5) is 5.69 Å². The number of furan rings is 1. The van der Waals surface area contributed by atoms with Gasteiger partial charge in [-0.25, -0.2) is 0 Å². The Bertz CT molecular complexity index is 556. The molecule has 18 heavy (non-hydrogen) atoms. The third kappa shape index (κ3) is 2.24. The molecular formula is C14H16N2O2. The lowest BCUT2D eigenvalue weighted by Gasteiger charge is -2.09. The summed E-state index contributed by atoms with van der Waals surface area (Å²) >= 11 is 0. The predicted octanol–water partition coefficient (Wildman–Crippen LogP) is 2.51. The molecule has 4 nitrogen and oxygen atoms in total. The van der Waals surface area contributed by atoms with Crippen LogP contribution in [0, 0.1) is 0 Å². The number of amides is 1. The first-order chi connectivity index (χ1) is 8.83. The largest absolute Gasteiger partial charge is 0.462 e. The van der Waals surface area contributed by atoms with Crippen molar-refractivity contribution in [2.75, 3.05) is 11.9 Å². The van der Waals surface area contributed by atoms with Crippen LogP contribution in [0.5, 0.6) is 0 Å². The predicted molar refractivity (Wildman–Crippen MR) is 70.5 cm³/mol. The maximum absolute atomic E-state index is 11.9. The Hall–Kier alpha value is -1.81. The van der Waals surface area contributed by atoms with Crippen molar-refractivity contribution in [1.82, 2.24) is 5.32 Å². The molecule has 1 amide bonds. The van der Waals surface area contributed by atoms with E-state index in [1.807, 2.05) is 24.3 Å². The highest BCUT2D eigenvalue weighted by molar-refractivity contribution is 6.00. The lowest BCUT2D eigenvalue weighted by molar-refractivity contribution is -0.116. The zero-order valence-electron chi connectivity index (χ0n) is 10.1. The van der Waals surface area contributed by atoms with Crippen LogP contribution in [-0.4, -0.2) is 18.5 Å². The van der Waals surface area contributed by atoms with E-state index in [-0.39, 0.29) is 5.91 Å². The summed E-state index contributed by atoms with van der Waals surface area (Å²) in [5.74, 6) is 0.0425. The van der Waals surface area contributed by atoms with Crippen molar-refractivity contribution in [3.8, 4) is 0 Å². The first-order valence-corrected chi connectivity index (χ1v) is 6.32. The molecule has 0 spiro atoms. The first-order valence-electron chi connectivity index (χ1n) is 6.32. The molecule has 1 aliphatic rings. The minimum atomic E-state index is 0.0425. The Morgan fingerprint density at radius 3 is 3.17 bits per heavy atom. The average Bonchev–Trinajstić information content (AvgIpc) is 3.00. The molecule has 2 heterocycles. The van der Waals surface area contributed by atoms with Gasteiger partial charge in [0.2, 0.25) is 5.91 Å². The van der Waals surface area contributed by atoms with Crippen molar-refractivity contribution in [1.29, 1.82) is 0 Å². The summed E-state index contributed by atoms with van der Waals surface area (Å²) in [6, 6.07) is 8.01. The van der Waals surface area contributed by atoms with E-state index in [1.54, 1.807) is 6.26 Å². The monoisotopic (exact) mass is 244 g/mol. The molecule has 1 aliphatic heterocycles. The van der Waals surface area contributed by atoms with E-state index in [1.165, 1.54) is 0 Å².